The Balaban J connectivity index is 1.94. The lowest BCUT2D eigenvalue weighted by Crippen LogP contribution is -2.22. The molecule has 4 nitrogen and oxygen atoms in total. The molecule has 0 saturated carbocycles. The van der Waals surface area contributed by atoms with Crippen molar-refractivity contribution in [3.8, 4) is 22.4 Å². The van der Waals surface area contributed by atoms with E-state index in [-0.39, 0.29) is 6.61 Å². The fourth-order valence-electron chi connectivity index (χ4n) is 3.18. The molecule has 0 aliphatic carbocycles. The van der Waals surface area contributed by atoms with Gasteiger partial charge in [0.2, 0.25) is 0 Å². The fraction of sp³-hybridized carbons (Fsp3) is 0.0909. The number of aliphatic hydroxyl groups excluding tert-OH is 1. The van der Waals surface area contributed by atoms with Gasteiger partial charge >= 0.3 is 0 Å². The average Bonchev–Trinajstić information content (AvgIpc) is 2.73. The van der Waals surface area contributed by atoms with Crippen LogP contribution in [0.15, 0.2) is 66.9 Å². The van der Waals surface area contributed by atoms with Gasteiger partial charge in [0.1, 0.15) is 12.3 Å². The SMILES string of the molecule is O=CC1NC=Cc2cc(-c3ccccc3)c(-c3ccc(CO)cc3)nc21. The molecule has 2 heterocycles. The maximum absolute atomic E-state index is 11.4. The first-order valence-electron chi connectivity index (χ1n) is 8.48. The molecule has 1 aliphatic heterocycles. The molecule has 2 aromatic carbocycles. The van der Waals surface area contributed by atoms with Gasteiger partial charge in [0.15, 0.2) is 0 Å². The Morgan fingerprint density at radius 2 is 1.81 bits per heavy atom. The van der Waals surface area contributed by atoms with Gasteiger partial charge < -0.3 is 15.2 Å². The van der Waals surface area contributed by atoms with E-state index in [4.69, 9.17) is 4.98 Å². The van der Waals surface area contributed by atoms with E-state index in [0.29, 0.717) is 0 Å². The van der Waals surface area contributed by atoms with Crippen LogP contribution in [0.3, 0.4) is 0 Å². The minimum absolute atomic E-state index is 0.00533. The molecule has 3 aromatic rings. The Hall–Kier alpha value is -3.24. The second-order valence-corrected chi connectivity index (χ2v) is 6.19. The molecular formula is C22H18N2O2. The predicted molar refractivity (Wildman–Crippen MR) is 102 cm³/mol. The van der Waals surface area contributed by atoms with E-state index in [0.717, 1.165) is 45.5 Å². The summed E-state index contributed by atoms with van der Waals surface area (Å²) in [6, 6.07) is 19.4. The molecule has 128 valence electrons. The number of carbonyl (C=O) groups excluding carboxylic acids is 1. The number of carbonyl (C=O) groups is 1. The summed E-state index contributed by atoms with van der Waals surface area (Å²) in [5, 5.41) is 12.3. The lowest BCUT2D eigenvalue weighted by Gasteiger charge is -2.21. The molecule has 1 aliphatic rings. The van der Waals surface area contributed by atoms with Crippen molar-refractivity contribution in [2.24, 2.45) is 0 Å². The molecule has 0 bridgehead atoms. The highest BCUT2D eigenvalue weighted by molar-refractivity contribution is 5.84. The monoisotopic (exact) mass is 342 g/mol. The Morgan fingerprint density at radius 1 is 1.04 bits per heavy atom. The zero-order valence-electron chi connectivity index (χ0n) is 14.1. The third-order valence-electron chi connectivity index (χ3n) is 4.55. The van der Waals surface area contributed by atoms with Crippen LogP contribution in [0, 0.1) is 0 Å². The first kappa shape index (κ1) is 16.2. The van der Waals surface area contributed by atoms with Gasteiger partial charge in [-0.3, -0.25) is 0 Å². The molecule has 0 fully saturated rings. The molecule has 1 aromatic heterocycles. The van der Waals surface area contributed by atoms with Crippen molar-refractivity contribution >= 4 is 12.4 Å². The summed E-state index contributed by atoms with van der Waals surface area (Å²) in [5.74, 6) is 0. The van der Waals surface area contributed by atoms with Crippen molar-refractivity contribution in [3.63, 3.8) is 0 Å². The number of hydrogen-bond donors (Lipinski definition) is 2. The van der Waals surface area contributed by atoms with Crippen LogP contribution in [0.4, 0.5) is 0 Å². The molecule has 0 amide bonds. The highest BCUT2D eigenvalue weighted by atomic mass is 16.3. The van der Waals surface area contributed by atoms with Gasteiger partial charge in [0.25, 0.3) is 0 Å². The van der Waals surface area contributed by atoms with Crippen LogP contribution in [-0.4, -0.2) is 16.4 Å². The van der Waals surface area contributed by atoms with Crippen LogP contribution < -0.4 is 5.32 Å². The van der Waals surface area contributed by atoms with Crippen molar-refractivity contribution in [2.75, 3.05) is 0 Å². The second-order valence-electron chi connectivity index (χ2n) is 6.19. The summed E-state index contributed by atoms with van der Waals surface area (Å²) in [5.41, 5.74) is 6.37. The Morgan fingerprint density at radius 3 is 2.50 bits per heavy atom. The molecule has 0 radical (unpaired) electrons. The van der Waals surface area contributed by atoms with E-state index in [2.05, 4.69) is 23.5 Å². The third kappa shape index (κ3) is 2.91. The van der Waals surface area contributed by atoms with Gasteiger partial charge in [0.05, 0.1) is 18.0 Å². The van der Waals surface area contributed by atoms with Crippen LogP contribution in [-0.2, 0) is 11.4 Å². The maximum Gasteiger partial charge on any atom is 0.148 e. The summed E-state index contributed by atoms with van der Waals surface area (Å²) < 4.78 is 0. The van der Waals surface area contributed by atoms with Crippen molar-refractivity contribution in [3.05, 3.63) is 83.7 Å². The largest absolute Gasteiger partial charge is 0.392 e. The Kier molecular flexibility index (Phi) is 4.33. The van der Waals surface area contributed by atoms with E-state index in [1.54, 1.807) is 6.20 Å². The van der Waals surface area contributed by atoms with Crippen molar-refractivity contribution < 1.29 is 9.90 Å². The quantitative estimate of drug-likeness (QED) is 0.709. The number of benzene rings is 2. The summed E-state index contributed by atoms with van der Waals surface area (Å²) in [6.07, 6.45) is 4.59. The van der Waals surface area contributed by atoms with E-state index in [1.165, 1.54) is 0 Å². The molecule has 4 rings (SSSR count). The zero-order valence-corrected chi connectivity index (χ0v) is 14.1. The highest BCUT2D eigenvalue weighted by Gasteiger charge is 2.21. The average molecular weight is 342 g/mol. The van der Waals surface area contributed by atoms with Crippen LogP contribution in [0.25, 0.3) is 28.5 Å². The van der Waals surface area contributed by atoms with Gasteiger partial charge in [-0.1, -0.05) is 54.6 Å². The number of hydrogen-bond acceptors (Lipinski definition) is 4. The molecule has 1 unspecified atom stereocenters. The van der Waals surface area contributed by atoms with Crippen LogP contribution in [0.5, 0.6) is 0 Å². The van der Waals surface area contributed by atoms with Crippen LogP contribution in [0.1, 0.15) is 22.9 Å². The zero-order chi connectivity index (χ0) is 17.9. The van der Waals surface area contributed by atoms with E-state index in [1.807, 2.05) is 48.5 Å². The van der Waals surface area contributed by atoms with Gasteiger partial charge in [-0.25, -0.2) is 4.98 Å². The highest BCUT2D eigenvalue weighted by Crippen LogP contribution is 2.35. The smallest absolute Gasteiger partial charge is 0.148 e. The van der Waals surface area contributed by atoms with Crippen LogP contribution in [0.2, 0.25) is 0 Å². The minimum atomic E-state index is -0.449. The summed E-state index contributed by atoms with van der Waals surface area (Å²) in [7, 11) is 0. The lowest BCUT2D eigenvalue weighted by molar-refractivity contribution is -0.109. The number of nitrogens with one attached hydrogen (secondary N) is 1. The number of pyridine rings is 1. The summed E-state index contributed by atoms with van der Waals surface area (Å²) >= 11 is 0. The predicted octanol–water partition coefficient (Wildman–Crippen LogP) is 3.72. The second kappa shape index (κ2) is 6.94. The summed E-state index contributed by atoms with van der Waals surface area (Å²) in [6.45, 7) is 0.00533. The first-order chi connectivity index (χ1) is 12.8. The standard InChI is InChI=1S/C22H18N2O2/c25-13-15-6-8-17(9-7-15)21-19(16-4-2-1-3-5-16)12-18-10-11-23-20(14-26)22(18)24-21/h1-12,14,20,23,25H,13H2. The number of fused-ring (bicyclic) bond motifs is 1. The first-order valence-corrected chi connectivity index (χ1v) is 8.48. The van der Waals surface area contributed by atoms with Gasteiger partial charge in [-0.15, -0.1) is 0 Å². The Bertz CT molecular complexity index is 963. The number of rotatable bonds is 4. The Labute approximate surface area is 151 Å². The van der Waals surface area contributed by atoms with E-state index < -0.39 is 6.04 Å². The topological polar surface area (TPSA) is 62.2 Å². The molecule has 26 heavy (non-hydrogen) atoms. The molecule has 0 saturated heterocycles. The van der Waals surface area contributed by atoms with Crippen molar-refractivity contribution in [1.29, 1.82) is 0 Å². The molecule has 2 N–H and O–H groups in total. The third-order valence-corrected chi connectivity index (χ3v) is 4.55. The van der Waals surface area contributed by atoms with Crippen molar-refractivity contribution in [1.82, 2.24) is 10.3 Å². The van der Waals surface area contributed by atoms with Gasteiger partial charge in [-0.05, 0) is 29.5 Å². The lowest BCUT2D eigenvalue weighted by atomic mass is 9.94. The van der Waals surface area contributed by atoms with Gasteiger partial charge in [0, 0.05) is 16.7 Å². The molecule has 1 atom stereocenters. The number of aromatic nitrogens is 1. The molecular weight excluding hydrogens is 324 g/mol. The fourth-order valence-corrected chi connectivity index (χ4v) is 3.18. The normalized spacial score (nSPS) is 15.2. The van der Waals surface area contributed by atoms with E-state index in [9.17, 15) is 9.90 Å². The number of nitrogens with zero attached hydrogens (tertiary/aromatic N) is 1. The van der Waals surface area contributed by atoms with Gasteiger partial charge in [-0.2, -0.15) is 0 Å². The van der Waals surface area contributed by atoms with Crippen molar-refractivity contribution in [2.45, 2.75) is 12.6 Å². The molecule has 0 spiro atoms. The maximum atomic E-state index is 11.4. The number of aliphatic hydroxyl groups is 1. The van der Waals surface area contributed by atoms with Crippen LogP contribution >= 0.6 is 0 Å². The number of aldehydes is 1. The van der Waals surface area contributed by atoms with E-state index >= 15 is 0 Å². The summed E-state index contributed by atoms with van der Waals surface area (Å²) in [4.78, 5) is 16.3. The minimum Gasteiger partial charge on any atom is -0.392 e. The molecule has 4 heteroatoms.